The van der Waals surface area contributed by atoms with Gasteiger partial charge in [0.05, 0.1) is 0 Å². The van der Waals surface area contributed by atoms with Crippen LogP contribution in [0.5, 0.6) is 0 Å². The fourth-order valence-corrected chi connectivity index (χ4v) is 1.95. The predicted molar refractivity (Wildman–Crippen MR) is 79.6 cm³/mol. The summed E-state index contributed by atoms with van der Waals surface area (Å²) in [7, 11) is 3.40. The molecule has 0 radical (unpaired) electrons. The van der Waals surface area contributed by atoms with Crippen molar-refractivity contribution in [2.75, 3.05) is 27.3 Å². The van der Waals surface area contributed by atoms with E-state index < -0.39 is 0 Å². The molecule has 0 unspecified atom stereocenters. The first-order chi connectivity index (χ1) is 9.04. The number of hydrogen-bond donors (Lipinski definition) is 0. The summed E-state index contributed by atoms with van der Waals surface area (Å²) in [6.45, 7) is 1.30. The fraction of sp³-hybridized carbons (Fsp3) is 0.357. The van der Waals surface area contributed by atoms with Crippen LogP contribution >= 0.6 is 23.2 Å². The molecule has 0 aromatic heterocycles. The van der Waals surface area contributed by atoms with Crippen molar-refractivity contribution >= 4 is 35.2 Å². The van der Waals surface area contributed by atoms with E-state index in [2.05, 4.69) is 0 Å². The molecule has 104 valence electrons. The number of hydrogen-bond acceptors (Lipinski definition) is 2. The minimum atomic E-state index is -0.0675. The lowest BCUT2D eigenvalue weighted by Crippen LogP contribution is -2.26. The SMILES string of the molecule is COCCCN(C)C(=O)/C=C/c1ccc(Cl)cc1Cl. The van der Waals surface area contributed by atoms with Crippen molar-refractivity contribution in [1.29, 1.82) is 0 Å². The van der Waals surface area contributed by atoms with Gasteiger partial charge in [-0.15, -0.1) is 0 Å². The number of methoxy groups -OCH3 is 1. The zero-order valence-corrected chi connectivity index (χ0v) is 12.5. The second kappa shape index (κ2) is 8.20. The molecular weight excluding hydrogens is 285 g/mol. The molecule has 1 rings (SSSR count). The Morgan fingerprint density at radius 1 is 1.42 bits per heavy atom. The molecule has 1 aromatic rings. The Morgan fingerprint density at radius 3 is 2.79 bits per heavy atom. The van der Waals surface area contributed by atoms with Crippen LogP contribution in [-0.2, 0) is 9.53 Å². The van der Waals surface area contributed by atoms with Gasteiger partial charge in [0.1, 0.15) is 0 Å². The predicted octanol–water partition coefficient (Wildman–Crippen LogP) is 3.50. The van der Waals surface area contributed by atoms with E-state index in [4.69, 9.17) is 27.9 Å². The molecular formula is C14H17Cl2NO2. The minimum absolute atomic E-state index is 0.0675. The minimum Gasteiger partial charge on any atom is -0.385 e. The maximum absolute atomic E-state index is 11.8. The first kappa shape index (κ1) is 16.0. The highest BCUT2D eigenvalue weighted by atomic mass is 35.5. The highest BCUT2D eigenvalue weighted by molar-refractivity contribution is 6.35. The Morgan fingerprint density at radius 2 is 2.16 bits per heavy atom. The Labute approximate surface area is 123 Å². The van der Waals surface area contributed by atoms with Gasteiger partial charge in [0, 0.05) is 43.4 Å². The van der Waals surface area contributed by atoms with Crippen molar-refractivity contribution in [2.45, 2.75) is 6.42 Å². The molecule has 1 aromatic carbocycles. The van der Waals surface area contributed by atoms with Crippen LogP contribution in [0, 0.1) is 0 Å². The third kappa shape index (κ3) is 5.64. The molecule has 0 bridgehead atoms. The summed E-state index contributed by atoms with van der Waals surface area (Å²) in [5, 5.41) is 1.10. The molecule has 0 atom stereocenters. The number of carbonyl (C=O) groups is 1. The Bertz CT molecular complexity index is 461. The van der Waals surface area contributed by atoms with Crippen LogP contribution in [-0.4, -0.2) is 38.1 Å². The molecule has 0 fully saturated rings. The van der Waals surface area contributed by atoms with Crippen molar-refractivity contribution in [2.24, 2.45) is 0 Å². The third-order valence-electron chi connectivity index (χ3n) is 2.59. The van der Waals surface area contributed by atoms with Gasteiger partial charge < -0.3 is 9.64 Å². The van der Waals surface area contributed by atoms with Gasteiger partial charge in [-0.1, -0.05) is 29.3 Å². The lowest BCUT2D eigenvalue weighted by molar-refractivity contribution is -0.124. The molecule has 0 aliphatic heterocycles. The first-order valence-corrected chi connectivity index (χ1v) is 6.67. The van der Waals surface area contributed by atoms with Crippen molar-refractivity contribution in [3.8, 4) is 0 Å². The highest BCUT2D eigenvalue weighted by Gasteiger charge is 2.04. The van der Waals surface area contributed by atoms with Gasteiger partial charge in [-0.2, -0.15) is 0 Å². The average Bonchev–Trinajstić information content (AvgIpc) is 2.37. The Kier molecular flexibility index (Phi) is 6.92. The molecule has 19 heavy (non-hydrogen) atoms. The first-order valence-electron chi connectivity index (χ1n) is 5.91. The molecule has 0 saturated carbocycles. The van der Waals surface area contributed by atoms with Crippen LogP contribution < -0.4 is 0 Å². The van der Waals surface area contributed by atoms with Crippen molar-refractivity contribution < 1.29 is 9.53 Å². The number of rotatable bonds is 6. The van der Waals surface area contributed by atoms with Gasteiger partial charge in [-0.3, -0.25) is 4.79 Å². The Hall–Kier alpha value is -1.03. The molecule has 5 heteroatoms. The van der Waals surface area contributed by atoms with Gasteiger partial charge in [-0.25, -0.2) is 0 Å². The zero-order valence-electron chi connectivity index (χ0n) is 11.0. The van der Waals surface area contributed by atoms with Gasteiger partial charge in [0.2, 0.25) is 5.91 Å². The van der Waals surface area contributed by atoms with Gasteiger partial charge >= 0.3 is 0 Å². The van der Waals surface area contributed by atoms with Crippen LogP contribution in [0.1, 0.15) is 12.0 Å². The summed E-state index contributed by atoms with van der Waals surface area (Å²) >= 11 is 11.8. The van der Waals surface area contributed by atoms with E-state index in [1.165, 1.54) is 6.08 Å². The van der Waals surface area contributed by atoms with E-state index >= 15 is 0 Å². The molecule has 1 amide bonds. The van der Waals surface area contributed by atoms with E-state index in [1.54, 1.807) is 43.3 Å². The number of likely N-dealkylation sites (N-methyl/N-ethyl adjacent to an activating group) is 1. The largest absolute Gasteiger partial charge is 0.385 e. The standard InChI is InChI=1S/C14H17Cl2NO2/c1-17(8-3-9-19-2)14(18)7-5-11-4-6-12(15)10-13(11)16/h4-7,10H,3,8-9H2,1-2H3/b7-5+. The van der Waals surface area contributed by atoms with Crippen LogP contribution in [0.15, 0.2) is 24.3 Å². The van der Waals surface area contributed by atoms with Gasteiger partial charge in [0.25, 0.3) is 0 Å². The lowest BCUT2D eigenvalue weighted by Gasteiger charge is -2.14. The summed E-state index contributed by atoms with van der Waals surface area (Å²) < 4.78 is 4.94. The third-order valence-corrected chi connectivity index (χ3v) is 3.15. The summed E-state index contributed by atoms with van der Waals surface area (Å²) in [5.41, 5.74) is 0.768. The number of nitrogens with zero attached hydrogens (tertiary/aromatic N) is 1. The smallest absolute Gasteiger partial charge is 0.246 e. The number of benzene rings is 1. The number of amides is 1. The maximum Gasteiger partial charge on any atom is 0.246 e. The van der Waals surface area contributed by atoms with Crippen LogP contribution in [0.3, 0.4) is 0 Å². The lowest BCUT2D eigenvalue weighted by atomic mass is 10.2. The van der Waals surface area contributed by atoms with E-state index in [0.29, 0.717) is 23.2 Å². The highest BCUT2D eigenvalue weighted by Crippen LogP contribution is 2.21. The monoisotopic (exact) mass is 301 g/mol. The second-order valence-corrected chi connectivity index (χ2v) is 4.95. The van der Waals surface area contributed by atoms with Crippen LogP contribution in [0.2, 0.25) is 10.0 Å². The fourth-order valence-electron chi connectivity index (χ4n) is 1.48. The molecule has 0 spiro atoms. The normalized spacial score (nSPS) is 10.9. The molecule has 0 aliphatic rings. The second-order valence-electron chi connectivity index (χ2n) is 4.11. The van der Waals surface area contributed by atoms with Crippen molar-refractivity contribution in [3.05, 3.63) is 39.9 Å². The molecule has 0 aliphatic carbocycles. The Balaban J connectivity index is 2.57. The summed E-state index contributed by atoms with van der Waals surface area (Å²) in [6, 6.07) is 5.16. The molecule has 0 heterocycles. The summed E-state index contributed by atoms with van der Waals surface area (Å²) in [5.74, 6) is -0.0675. The van der Waals surface area contributed by atoms with Gasteiger partial charge in [-0.05, 0) is 30.2 Å². The number of ether oxygens (including phenoxy) is 1. The van der Waals surface area contributed by atoms with Crippen molar-refractivity contribution in [3.63, 3.8) is 0 Å². The van der Waals surface area contributed by atoms with E-state index in [0.717, 1.165) is 12.0 Å². The molecule has 0 saturated heterocycles. The van der Waals surface area contributed by atoms with E-state index in [9.17, 15) is 4.79 Å². The summed E-state index contributed by atoms with van der Waals surface area (Å²) in [6.07, 6.45) is 4.00. The average molecular weight is 302 g/mol. The van der Waals surface area contributed by atoms with Gasteiger partial charge in [0.15, 0.2) is 0 Å². The zero-order chi connectivity index (χ0) is 14.3. The molecule has 3 nitrogen and oxygen atoms in total. The maximum atomic E-state index is 11.8. The molecule has 0 N–H and O–H groups in total. The van der Waals surface area contributed by atoms with Crippen LogP contribution in [0.25, 0.3) is 6.08 Å². The van der Waals surface area contributed by atoms with E-state index in [-0.39, 0.29) is 5.91 Å². The van der Waals surface area contributed by atoms with Crippen LogP contribution in [0.4, 0.5) is 0 Å². The number of carbonyl (C=O) groups excluding carboxylic acids is 1. The quantitative estimate of drug-likeness (QED) is 0.594. The summed E-state index contributed by atoms with van der Waals surface area (Å²) in [4.78, 5) is 13.5. The van der Waals surface area contributed by atoms with E-state index in [1.807, 2.05) is 0 Å². The van der Waals surface area contributed by atoms with Crippen molar-refractivity contribution in [1.82, 2.24) is 4.90 Å². The number of halogens is 2. The topological polar surface area (TPSA) is 29.5 Å².